The molecule has 6 heteroatoms. The molecule has 40 heavy (non-hydrogen) atoms. The minimum atomic E-state index is -0.837. The Kier molecular flexibility index (Phi) is 8.82. The summed E-state index contributed by atoms with van der Waals surface area (Å²) in [6.45, 7) is 17.9. The van der Waals surface area contributed by atoms with Gasteiger partial charge in [0.15, 0.2) is 11.2 Å². The van der Waals surface area contributed by atoms with Gasteiger partial charge in [-0.15, -0.1) is 0 Å². The molecule has 0 saturated heterocycles. The van der Waals surface area contributed by atoms with Crippen molar-refractivity contribution in [2.75, 3.05) is 0 Å². The van der Waals surface area contributed by atoms with Crippen LogP contribution in [0.1, 0.15) is 133 Å². The highest BCUT2D eigenvalue weighted by Gasteiger charge is 2.66. The van der Waals surface area contributed by atoms with Crippen LogP contribution in [0.25, 0.3) is 0 Å². The van der Waals surface area contributed by atoms with Gasteiger partial charge in [-0.05, 0) is 121 Å². The van der Waals surface area contributed by atoms with Crippen LogP contribution < -0.4 is 0 Å². The molecule has 0 aromatic carbocycles. The average Bonchev–Trinajstić information content (AvgIpc) is 3.13. The van der Waals surface area contributed by atoms with Crippen LogP contribution in [-0.4, -0.2) is 34.8 Å². The van der Waals surface area contributed by atoms with E-state index in [0.717, 1.165) is 57.8 Å². The van der Waals surface area contributed by atoms with Gasteiger partial charge in [0.25, 0.3) is 0 Å². The lowest BCUT2D eigenvalue weighted by Crippen LogP contribution is -2.57. The number of fused-ring (bicyclic) bond motifs is 5. The van der Waals surface area contributed by atoms with Gasteiger partial charge in [-0.25, -0.2) is 9.78 Å². The molecule has 0 unspecified atom stereocenters. The molecule has 0 heterocycles. The lowest BCUT2D eigenvalue weighted by atomic mass is 9.44. The molecule has 8 atom stereocenters. The van der Waals surface area contributed by atoms with Crippen LogP contribution in [0, 0.1) is 46.3 Å². The van der Waals surface area contributed by atoms with Gasteiger partial charge < -0.3 is 9.47 Å². The van der Waals surface area contributed by atoms with Crippen molar-refractivity contribution in [3.8, 4) is 11.8 Å². The Balaban J connectivity index is 1.56. The van der Waals surface area contributed by atoms with Crippen molar-refractivity contribution in [1.29, 1.82) is 0 Å². The Morgan fingerprint density at radius 3 is 2.23 bits per heavy atom. The molecule has 0 aromatic rings. The van der Waals surface area contributed by atoms with E-state index in [4.69, 9.17) is 19.2 Å². The summed E-state index contributed by atoms with van der Waals surface area (Å²) < 4.78 is 11.9. The van der Waals surface area contributed by atoms with E-state index in [1.165, 1.54) is 26.7 Å². The largest absolute Gasteiger partial charge is 0.463 e. The molecule has 4 fully saturated rings. The number of hydrogen-bond donors (Lipinski definition) is 0. The van der Waals surface area contributed by atoms with Crippen LogP contribution in [0.5, 0.6) is 0 Å². The zero-order valence-corrected chi connectivity index (χ0v) is 26.6. The molecule has 226 valence electrons. The maximum Gasteiger partial charge on any atom is 0.304 e. The maximum absolute atomic E-state index is 12.5. The van der Waals surface area contributed by atoms with E-state index >= 15 is 0 Å². The average molecular weight is 559 g/mol. The van der Waals surface area contributed by atoms with Crippen LogP contribution in [0.15, 0.2) is 0 Å². The highest BCUT2D eigenvalue weighted by atomic mass is 17.2. The molecule has 0 spiro atoms. The van der Waals surface area contributed by atoms with E-state index in [1.54, 1.807) is 0 Å². The third-order valence-electron chi connectivity index (χ3n) is 11.3. The fourth-order valence-corrected chi connectivity index (χ4v) is 9.34. The molecule has 0 bridgehead atoms. The second kappa shape index (κ2) is 11.3. The van der Waals surface area contributed by atoms with Crippen molar-refractivity contribution in [2.45, 2.75) is 156 Å². The minimum absolute atomic E-state index is 0.0708. The molecule has 0 radical (unpaired) electrons. The molecule has 0 aromatic heterocycles. The summed E-state index contributed by atoms with van der Waals surface area (Å²) in [5.41, 5.74) is -1.98. The Labute approximate surface area is 242 Å². The van der Waals surface area contributed by atoms with Gasteiger partial charge >= 0.3 is 11.9 Å². The van der Waals surface area contributed by atoms with Crippen molar-refractivity contribution < 1.29 is 28.8 Å². The summed E-state index contributed by atoms with van der Waals surface area (Å²) in [6, 6.07) is 0. The number of carbonyl (C=O) groups is 2. The van der Waals surface area contributed by atoms with Gasteiger partial charge in [0, 0.05) is 19.3 Å². The second-order valence-electron chi connectivity index (χ2n) is 15.0. The smallest absolute Gasteiger partial charge is 0.304 e. The maximum atomic E-state index is 12.5. The van der Waals surface area contributed by atoms with Crippen molar-refractivity contribution in [2.24, 2.45) is 34.5 Å². The second-order valence-corrected chi connectivity index (χ2v) is 15.0. The SMILES string of the molecule is CCCC(C)(C)OOC(C)(C)C#C[C@]1(OC(C)=O)CC[C@@H]2[C@@H]3CC[C@H]4C[C@H](OC(C)=O)CC[C@]4(C)[C@H]3CC[C@@]21C. The van der Waals surface area contributed by atoms with Crippen molar-refractivity contribution in [3.63, 3.8) is 0 Å². The van der Waals surface area contributed by atoms with Crippen molar-refractivity contribution >= 4 is 11.9 Å². The molecule has 0 amide bonds. The zero-order chi connectivity index (χ0) is 29.6. The monoisotopic (exact) mass is 558 g/mol. The molecular weight excluding hydrogens is 504 g/mol. The number of carbonyl (C=O) groups excluding carboxylic acids is 2. The van der Waals surface area contributed by atoms with Gasteiger partial charge in [-0.2, -0.15) is 0 Å². The standard InChI is InChI=1S/C34H54O6/c1-10-16-30(4,5)39-40-31(6,7)20-21-34(38-24(3)36)19-15-29-27-12-11-25-22-26(37-23(2)35)13-17-32(25,8)28(27)14-18-33(29,34)9/h25-29H,10-19,22H2,1-9H3/t25-,26+,27+,28-,29+,32-,33-,34+/m0/s1. The summed E-state index contributed by atoms with van der Waals surface area (Å²) in [5, 5.41) is 0. The molecule has 4 aliphatic carbocycles. The summed E-state index contributed by atoms with van der Waals surface area (Å²) in [7, 11) is 0. The highest BCUT2D eigenvalue weighted by molar-refractivity contribution is 5.67. The van der Waals surface area contributed by atoms with E-state index in [9.17, 15) is 9.59 Å². The summed E-state index contributed by atoms with van der Waals surface area (Å²) in [4.78, 5) is 35.8. The van der Waals surface area contributed by atoms with Crippen molar-refractivity contribution in [3.05, 3.63) is 0 Å². The van der Waals surface area contributed by atoms with E-state index in [-0.39, 0.29) is 28.9 Å². The van der Waals surface area contributed by atoms with Gasteiger partial charge in [-0.3, -0.25) is 9.59 Å². The molecule has 0 N–H and O–H groups in total. The molecule has 4 saturated carbocycles. The van der Waals surface area contributed by atoms with Crippen LogP contribution in [-0.2, 0) is 28.8 Å². The minimum Gasteiger partial charge on any atom is -0.463 e. The lowest BCUT2D eigenvalue weighted by Gasteiger charge is -2.61. The molecule has 4 rings (SSSR count). The molecule has 0 aliphatic heterocycles. The first-order valence-corrected chi connectivity index (χ1v) is 15.8. The van der Waals surface area contributed by atoms with Crippen LogP contribution in [0.4, 0.5) is 0 Å². The van der Waals surface area contributed by atoms with Gasteiger partial charge in [-0.1, -0.05) is 39.0 Å². The fraction of sp³-hybridized carbons (Fsp3) is 0.882. The molecular formula is C34H54O6. The van der Waals surface area contributed by atoms with Crippen LogP contribution in [0.3, 0.4) is 0 Å². The number of rotatable bonds is 7. The van der Waals surface area contributed by atoms with Gasteiger partial charge in [0.2, 0.25) is 0 Å². The Hall–Kier alpha value is -1.58. The third kappa shape index (κ3) is 5.98. The fourth-order valence-electron chi connectivity index (χ4n) is 9.34. The first kappa shape index (κ1) is 31.4. The number of esters is 2. The van der Waals surface area contributed by atoms with E-state index in [1.807, 2.05) is 27.7 Å². The van der Waals surface area contributed by atoms with E-state index in [0.29, 0.717) is 23.7 Å². The normalized spacial score (nSPS) is 39.2. The zero-order valence-electron chi connectivity index (χ0n) is 26.6. The Bertz CT molecular complexity index is 1020. The summed E-state index contributed by atoms with van der Waals surface area (Å²) >= 11 is 0. The first-order valence-electron chi connectivity index (χ1n) is 15.8. The van der Waals surface area contributed by atoms with E-state index < -0.39 is 16.8 Å². The van der Waals surface area contributed by atoms with Crippen LogP contribution >= 0.6 is 0 Å². The Morgan fingerprint density at radius 1 is 0.875 bits per heavy atom. The molecule has 6 nitrogen and oxygen atoms in total. The van der Waals surface area contributed by atoms with Crippen molar-refractivity contribution in [1.82, 2.24) is 0 Å². The van der Waals surface area contributed by atoms with Gasteiger partial charge in [0.05, 0.1) is 5.60 Å². The Morgan fingerprint density at radius 2 is 1.57 bits per heavy atom. The highest BCUT2D eigenvalue weighted by Crippen LogP contribution is 2.69. The van der Waals surface area contributed by atoms with Gasteiger partial charge in [0.1, 0.15) is 6.10 Å². The number of hydrogen-bond acceptors (Lipinski definition) is 6. The van der Waals surface area contributed by atoms with E-state index in [2.05, 4.69) is 32.6 Å². The topological polar surface area (TPSA) is 71.1 Å². The summed E-state index contributed by atoms with van der Waals surface area (Å²) in [5.74, 6) is 8.76. The third-order valence-corrected chi connectivity index (χ3v) is 11.3. The molecule has 4 aliphatic rings. The number of ether oxygens (including phenoxy) is 2. The summed E-state index contributed by atoms with van der Waals surface area (Å²) in [6.07, 6.45) is 11.3. The predicted molar refractivity (Wildman–Crippen MR) is 155 cm³/mol. The van der Waals surface area contributed by atoms with Crippen LogP contribution in [0.2, 0.25) is 0 Å². The first-order chi connectivity index (χ1) is 18.6. The quantitative estimate of drug-likeness (QED) is 0.139. The lowest BCUT2D eigenvalue weighted by molar-refractivity contribution is -0.389. The predicted octanol–water partition coefficient (Wildman–Crippen LogP) is 7.57.